The Balaban J connectivity index is 1.66. The molecule has 0 atom stereocenters. The molecule has 3 rings (SSSR count). The van der Waals surface area contributed by atoms with Gasteiger partial charge in [0, 0.05) is 31.5 Å². The molecule has 0 saturated carbocycles. The van der Waals surface area contributed by atoms with Gasteiger partial charge in [-0.3, -0.25) is 4.79 Å². The zero-order chi connectivity index (χ0) is 18.7. The van der Waals surface area contributed by atoms with Crippen LogP contribution in [0.3, 0.4) is 0 Å². The summed E-state index contributed by atoms with van der Waals surface area (Å²) in [6.45, 7) is 2.99. The molecule has 0 radical (unpaired) electrons. The predicted octanol–water partition coefficient (Wildman–Crippen LogP) is 4.17. The van der Waals surface area contributed by atoms with Crippen molar-refractivity contribution in [1.29, 1.82) is 0 Å². The maximum atomic E-state index is 13.5. The van der Waals surface area contributed by atoms with Gasteiger partial charge < -0.3 is 14.2 Å². The molecule has 1 aromatic heterocycles. The Morgan fingerprint density at radius 1 is 1.19 bits per heavy atom. The first-order valence-corrected chi connectivity index (χ1v) is 8.67. The summed E-state index contributed by atoms with van der Waals surface area (Å²) in [7, 11) is 3.62. The minimum absolute atomic E-state index is 0.0682. The Bertz CT molecular complexity index is 919. The van der Waals surface area contributed by atoms with E-state index in [0.29, 0.717) is 18.8 Å². The van der Waals surface area contributed by atoms with E-state index in [9.17, 15) is 9.18 Å². The average Bonchev–Trinajstić information content (AvgIpc) is 2.89. The number of benzene rings is 2. The number of hydrogen-bond donors (Lipinski definition) is 0. The third kappa shape index (κ3) is 3.57. The van der Waals surface area contributed by atoms with Crippen molar-refractivity contribution >= 4 is 16.8 Å². The first kappa shape index (κ1) is 18.0. The minimum Gasteiger partial charge on any atom is -0.494 e. The third-order valence-corrected chi connectivity index (χ3v) is 4.61. The number of aromatic nitrogens is 1. The Kier molecular flexibility index (Phi) is 5.26. The van der Waals surface area contributed by atoms with Crippen LogP contribution in [0.1, 0.15) is 22.5 Å². The van der Waals surface area contributed by atoms with Crippen LogP contribution in [0, 0.1) is 12.7 Å². The van der Waals surface area contributed by atoms with Crippen LogP contribution in [0.25, 0.3) is 10.9 Å². The number of ether oxygens (including phenoxy) is 1. The molecule has 3 aromatic rings. The van der Waals surface area contributed by atoms with Gasteiger partial charge >= 0.3 is 0 Å². The van der Waals surface area contributed by atoms with Gasteiger partial charge in [0.25, 0.3) is 5.91 Å². The topological polar surface area (TPSA) is 34.5 Å². The Hall–Kier alpha value is -2.82. The molecule has 0 fully saturated rings. The lowest BCUT2D eigenvalue weighted by Gasteiger charge is -2.18. The minimum atomic E-state index is -0.295. The number of hydrogen-bond acceptors (Lipinski definition) is 2. The zero-order valence-electron chi connectivity index (χ0n) is 15.3. The van der Waals surface area contributed by atoms with Crippen LogP contribution in [0.5, 0.6) is 5.75 Å². The van der Waals surface area contributed by atoms with Crippen molar-refractivity contribution in [3.05, 3.63) is 65.6 Å². The lowest BCUT2D eigenvalue weighted by Crippen LogP contribution is -2.30. The number of rotatable bonds is 6. The second-order valence-corrected chi connectivity index (χ2v) is 6.44. The highest BCUT2D eigenvalue weighted by atomic mass is 19.1. The van der Waals surface area contributed by atoms with Gasteiger partial charge in [0.2, 0.25) is 0 Å². The predicted molar refractivity (Wildman–Crippen MR) is 101 cm³/mol. The maximum Gasteiger partial charge on any atom is 0.270 e. The van der Waals surface area contributed by atoms with E-state index in [1.165, 1.54) is 12.1 Å². The first-order chi connectivity index (χ1) is 12.5. The second kappa shape index (κ2) is 7.60. The monoisotopic (exact) mass is 354 g/mol. The first-order valence-electron chi connectivity index (χ1n) is 8.67. The standard InChI is InChI=1S/C21H23FN2O2/c1-15-18-14-16(22)10-11-19(18)24(3)20(15)21(25)23(2)12-7-13-26-17-8-5-4-6-9-17/h4-6,8-11,14H,7,12-13H2,1-3H3. The van der Waals surface area contributed by atoms with Crippen molar-refractivity contribution in [2.24, 2.45) is 7.05 Å². The largest absolute Gasteiger partial charge is 0.494 e. The zero-order valence-corrected chi connectivity index (χ0v) is 15.3. The van der Waals surface area contributed by atoms with E-state index >= 15 is 0 Å². The second-order valence-electron chi connectivity index (χ2n) is 6.44. The number of carbonyl (C=O) groups is 1. The van der Waals surface area contributed by atoms with Gasteiger partial charge in [-0.25, -0.2) is 4.39 Å². The van der Waals surface area contributed by atoms with E-state index in [1.807, 2.05) is 48.9 Å². The molecule has 0 N–H and O–H groups in total. The Labute approximate surface area is 152 Å². The fourth-order valence-electron chi connectivity index (χ4n) is 3.20. The molecule has 5 heteroatoms. The fraction of sp³-hybridized carbons (Fsp3) is 0.286. The SMILES string of the molecule is Cc1c(C(=O)N(C)CCCOc2ccccc2)n(C)c2ccc(F)cc12. The molecular formula is C21H23FN2O2. The lowest BCUT2D eigenvalue weighted by atomic mass is 10.1. The van der Waals surface area contributed by atoms with Crippen LogP contribution in [0.15, 0.2) is 48.5 Å². The van der Waals surface area contributed by atoms with Gasteiger partial charge in [-0.2, -0.15) is 0 Å². The molecule has 0 aliphatic heterocycles. The molecule has 0 aliphatic rings. The van der Waals surface area contributed by atoms with Crippen molar-refractivity contribution < 1.29 is 13.9 Å². The van der Waals surface area contributed by atoms with E-state index in [2.05, 4.69) is 0 Å². The third-order valence-electron chi connectivity index (χ3n) is 4.61. The van der Waals surface area contributed by atoms with Gasteiger partial charge in [0.1, 0.15) is 17.3 Å². The van der Waals surface area contributed by atoms with Gasteiger partial charge in [-0.15, -0.1) is 0 Å². The molecule has 0 spiro atoms. The van der Waals surface area contributed by atoms with E-state index < -0.39 is 0 Å². The summed E-state index contributed by atoms with van der Waals surface area (Å²) < 4.78 is 21.0. The fourth-order valence-corrected chi connectivity index (χ4v) is 3.20. The van der Waals surface area contributed by atoms with Crippen molar-refractivity contribution in [1.82, 2.24) is 9.47 Å². The van der Waals surface area contributed by atoms with E-state index in [1.54, 1.807) is 18.0 Å². The molecule has 0 saturated heterocycles. The van der Waals surface area contributed by atoms with Crippen LogP contribution in [0.2, 0.25) is 0 Å². The average molecular weight is 354 g/mol. The molecule has 4 nitrogen and oxygen atoms in total. The van der Waals surface area contributed by atoms with Crippen LogP contribution in [-0.2, 0) is 7.05 Å². The highest BCUT2D eigenvalue weighted by molar-refractivity contribution is 6.01. The number of fused-ring (bicyclic) bond motifs is 1. The summed E-state index contributed by atoms with van der Waals surface area (Å²) >= 11 is 0. The highest BCUT2D eigenvalue weighted by Crippen LogP contribution is 2.26. The van der Waals surface area contributed by atoms with Crippen LogP contribution in [0.4, 0.5) is 4.39 Å². The quantitative estimate of drug-likeness (QED) is 0.623. The molecule has 0 aliphatic carbocycles. The van der Waals surface area contributed by atoms with Gasteiger partial charge in [0.15, 0.2) is 0 Å². The molecule has 0 unspecified atom stereocenters. The van der Waals surface area contributed by atoms with Crippen LogP contribution >= 0.6 is 0 Å². The molecular weight excluding hydrogens is 331 g/mol. The molecule has 1 amide bonds. The van der Waals surface area contributed by atoms with Crippen molar-refractivity contribution in [3.8, 4) is 5.75 Å². The van der Waals surface area contributed by atoms with Crippen molar-refractivity contribution in [2.75, 3.05) is 20.2 Å². The summed E-state index contributed by atoms with van der Waals surface area (Å²) in [5.41, 5.74) is 2.25. The molecule has 1 heterocycles. The van der Waals surface area contributed by atoms with E-state index in [4.69, 9.17) is 4.74 Å². The summed E-state index contributed by atoms with van der Waals surface area (Å²) in [6.07, 6.45) is 0.731. The highest BCUT2D eigenvalue weighted by Gasteiger charge is 2.21. The summed E-state index contributed by atoms with van der Waals surface area (Å²) in [6, 6.07) is 14.2. The molecule has 2 aromatic carbocycles. The van der Waals surface area contributed by atoms with E-state index in [0.717, 1.165) is 28.6 Å². The van der Waals surface area contributed by atoms with Gasteiger partial charge in [-0.05, 0) is 49.2 Å². The van der Waals surface area contributed by atoms with E-state index in [-0.39, 0.29) is 11.7 Å². The smallest absolute Gasteiger partial charge is 0.270 e. The molecule has 0 bridgehead atoms. The van der Waals surface area contributed by atoms with Gasteiger partial charge in [-0.1, -0.05) is 18.2 Å². The normalized spacial score (nSPS) is 10.9. The number of halogens is 1. The number of nitrogens with zero attached hydrogens (tertiary/aromatic N) is 2. The van der Waals surface area contributed by atoms with Gasteiger partial charge in [0.05, 0.1) is 6.61 Å². The Morgan fingerprint density at radius 3 is 2.65 bits per heavy atom. The number of carbonyl (C=O) groups excluding carboxylic acids is 1. The Morgan fingerprint density at radius 2 is 1.92 bits per heavy atom. The molecule has 136 valence electrons. The number of para-hydroxylation sites is 1. The number of amides is 1. The van der Waals surface area contributed by atoms with Crippen LogP contribution < -0.4 is 4.74 Å². The van der Waals surface area contributed by atoms with Crippen molar-refractivity contribution in [2.45, 2.75) is 13.3 Å². The summed E-state index contributed by atoms with van der Waals surface area (Å²) in [4.78, 5) is 14.6. The lowest BCUT2D eigenvalue weighted by molar-refractivity contribution is 0.0778. The molecule has 26 heavy (non-hydrogen) atoms. The summed E-state index contributed by atoms with van der Waals surface area (Å²) in [5.74, 6) is 0.464. The van der Waals surface area contributed by atoms with Crippen LogP contribution in [-0.4, -0.2) is 35.6 Å². The maximum absolute atomic E-state index is 13.5. The summed E-state index contributed by atoms with van der Waals surface area (Å²) in [5, 5.41) is 0.775. The van der Waals surface area contributed by atoms with Crippen molar-refractivity contribution in [3.63, 3.8) is 0 Å². The number of aryl methyl sites for hydroxylation is 2.